The van der Waals surface area contributed by atoms with Gasteiger partial charge in [0.15, 0.2) is 0 Å². The van der Waals surface area contributed by atoms with Gasteiger partial charge in [0.05, 0.1) is 11.3 Å². The van der Waals surface area contributed by atoms with Crippen LogP contribution in [0.25, 0.3) is 11.3 Å². The minimum absolute atomic E-state index is 0.0257. The molecular weight excluding hydrogens is 348 g/mol. The Hall–Kier alpha value is -2.49. The van der Waals surface area contributed by atoms with Crippen LogP contribution in [0.15, 0.2) is 36.5 Å². The Morgan fingerprint density at radius 3 is 2.64 bits per heavy atom. The van der Waals surface area contributed by atoms with E-state index in [-0.39, 0.29) is 17.6 Å². The number of carbonyl (C=O) groups excluding carboxylic acids is 2. The Bertz CT molecular complexity index is 855. The van der Waals surface area contributed by atoms with Gasteiger partial charge in [-0.25, -0.2) is 0 Å². The highest BCUT2D eigenvalue weighted by Gasteiger charge is 2.29. The lowest BCUT2D eigenvalue weighted by atomic mass is 9.89. The summed E-state index contributed by atoms with van der Waals surface area (Å²) in [6.07, 6.45) is 4.03. The first-order valence-corrected chi connectivity index (χ1v) is 10.2. The Morgan fingerprint density at radius 2 is 1.96 bits per heavy atom. The molecule has 1 aliphatic rings. The number of carbonyl (C=O) groups is 2. The lowest BCUT2D eigenvalue weighted by Gasteiger charge is -2.32. The maximum atomic E-state index is 12.9. The van der Waals surface area contributed by atoms with E-state index >= 15 is 0 Å². The average Bonchev–Trinajstić information content (AvgIpc) is 2.69. The molecule has 4 heteroatoms. The van der Waals surface area contributed by atoms with Gasteiger partial charge in [-0.2, -0.15) is 0 Å². The van der Waals surface area contributed by atoms with Crippen molar-refractivity contribution in [1.29, 1.82) is 0 Å². The summed E-state index contributed by atoms with van der Waals surface area (Å²) in [5.41, 5.74) is 4.99. The van der Waals surface area contributed by atoms with E-state index in [1.54, 1.807) is 6.20 Å². The Morgan fingerprint density at radius 1 is 1.18 bits per heavy atom. The minimum Gasteiger partial charge on any atom is -0.338 e. The number of likely N-dealkylation sites (tertiary alicyclic amines) is 1. The molecule has 1 fully saturated rings. The number of pyridine rings is 1. The Balaban J connectivity index is 1.72. The van der Waals surface area contributed by atoms with E-state index in [1.807, 2.05) is 23.1 Å². The number of ketones is 1. The van der Waals surface area contributed by atoms with E-state index in [2.05, 4.69) is 44.8 Å². The molecule has 2 heterocycles. The quantitative estimate of drug-likeness (QED) is 0.748. The highest BCUT2D eigenvalue weighted by Crippen LogP contribution is 2.25. The summed E-state index contributed by atoms with van der Waals surface area (Å²) in [5.74, 6) is 0.598. The van der Waals surface area contributed by atoms with Gasteiger partial charge in [0.1, 0.15) is 5.78 Å². The molecule has 2 aromatic rings. The predicted molar refractivity (Wildman–Crippen MR) is 112 cm³/mol. The molecule has 0 radical (unpaired) electrons. The van der Waals surface area contributed by atoms with Gasteiger partial charge < -0.3 is 4.90 Å². The summed E-state index contributed by atoms with van der Waals surface area (Å²) in [5, 5.41) is 0. The molecule has 4 nitrogen and oxygen atoms in total. The summed E-state index contributed by atoms with van der Waals surface area (Å²) < 4.78 is 0. The number of hydrogen-bond acceptors (Lipinski definition) is 3. The Kier molecular flexibility index (Phi) is 6.28. The Labute approximate surface area is 168 Å². The number of aromatic nitrogens is 1. The van der Waals surface area contributed by atoms with Gasteiger partial charge in [0, 0.05) is 37.2 Å². The first-order chi connectivity index (χ1) is 13.4. The first kappa shape index (κ1) is 20.2. The molecule has 0 aliphatic carbocycles. The van der Waals surface area contributed by atoms with Crippen molar-refractivity contribution in [2.75, 3.05) is 13.1 Å². The molecule has 1 amide bonds. The molecule has 1 aliphatic heterocycles. The number of nitrogens with zero attached hydrogens (tertiary/aromatic N) is 2. The van der Waals surface area contributed by atoms with Gasteiger partial charge >= 0.3 is 0 Å². The van der Waals surface area contributed by atoms with Crippen LogP contribution in [0.3, 0.4) is 0 Å². The normalized spacial score (nSPS) is 17.0. The molecule has 148 valence electrons. The minimum atomic E-state index is -0.0259. The second kappa shape index (κ2) is 8.68. The molecule has 3 rings (SSSR count). The maximum absolute atomic E-state index is 12.9. The molecular formula is C24H30N2O2. The van der Waals surface area contributed by atoms with Gasteiger partial charge in [0.2, 0.25) is 0 Å². The summed E-state index contributed by atoms with van der Waals surface area (Å²) in [4.78, 5) is 31.7. The van der Waals surface area contributed by atoms with Crippen molar-refractivity contribution < 1.29 is 9.59 Å². The molecule has 0 spiro atoms. The molecule has 1 aromatic carbocycles. The van der Waals surface area contributed by atoms with Crippen molar-refractivity contribution in [2.45, 2.75) is 47.0 Å². The fourth-order valence-electron chi connectivity index (χ4n) is 3.88. The van der Waals surface area contributed by atoms with Crippen LogP contribution in [-0.2, 0) is 4.79 Å². The van der Waals surface area contributed by atoms with Crippen LogP contribution in [0.2, 0.25) is 0 Å². The standard InChI is InChI=1S/C24H30N2O2/c1-16(2)13-23(27)20-8-6-12-26(15-20)24(28)19-10-11-22(25-14-19)21-9-5-7-17(3)18(21)4/h5,7,9-11,14,16,20H,6,8,12-13,15H2,1-4H3. The third-order valence-electron chi connectivity index (χ3n) is 5.66. The lowest BCUT2D eigenvalue weighted by Crippen LogP contribution is -2.42. The molecule has 28 heavy (non-hydrogen) atoms. The van der Waals surface area contributed by atoms with Crippen molar-refractivity contribution in [3.63, 3.8) is 0 Å². The van der Waals surface area contributed by atoms with Crippen LogP contribution in [0, 0.1) is 25.7 Å². The van der Waals surface area contributed by atoms with E-state index in [0.717, 1.165) is 24.1 Å². The molecule has 0 saturated carbocycles. The number of Topliss-reactive ketones (excluding diaryl/α,β-unsaturated/α-hetero) is 1. The zero-order valence-corrected chi connectivity index (χ0v) is 17.4. The number of benzene rings is 1. The first-order valence-electron chi connectivity index (χ1n) is 10.2. The molecule has 1 atom stereocenters. The molecule has 1 saturated heterocycles. The van der Waals surface area contributed by atoms with Crippen molar-refractivity contribution >= 4 is 11.7 Å². The van der Waals surface area contributed by atoms with Crippen LogP contribution < -0.4 is 0 Å². The largest absolute Gasteiger partial charge is 0.338 e. The fourth-order valence-corrected chi connectivity index (χ4v) is 3.88. The van der Waals surface area contributed by atoms with Crippen LogP contribution in [0.4, 0.5) is 0 Å². The average molecular weight is 379 g/mol. The van der Waals surface area contributed by atoms with Gasteiger partial charge in [0.25, 0.3) is 5.91 Å². The molecule has 1 aromatic heterocycles. The molecule has 1 unspecified atom stereocenters. The highest BCUT2D eigenvalue weighted by atomic mass is 16.2. The molecule has 0 bridgehead atoms. The summed E-state index contributed by atoms with van der Waals surface area (Å²) in [6.45, 7) is 9.54. The van der Waals surface area contributed by atoms with Gasteiger partial charge in [-0.05, 0) is 55.9 Å². The van der Waals surface area contributed by atoms with Crippen LogP contribution in [0.5, 0.6) is 0 Å². The fraction of sp³-hybridized carbons (Fsp3) is 0.458. The third kappa shape index (κ3) is 4.49. The monoisotopic (exact) mass is 378 g/mol. The van der Waals surface area contributed by atoms with Crippen LogP contribution in [0.1, 0.15) is 54.6 Å². The lowest BCUT2D eigenvalue weighted by molar-refractivity contribution is -0.124. The van der Waals surface area contributed by atoms with E-state index in [1.165, 1.54) is 11.1 Å². The van der Waals surface area contributed by atoms with E-state index in [9.17, 15) is 9.59 Å². The maximum Gasteiger partial charge on any atom is 0.255 e. The highest BCUT2D eigenvalue weighted by molar-refractivity contribution is 5.95. The number of amides is 1. The number of hydrogen-bond donors (Lipinski definition) is 0. The van der Waals surface area contributed by atoms with Crippen molar-refractivity contribution in [2.24, 2.45) is 11.8 Å². The third-order valence-corrected chi connectivity index (χ3v) is 5.66. The van der Waals surface area contributed by atoms with Crippen molar-refractivity contribution in [3.05, 3.63) is 53.2 Å². The summed E-state index contributed by atoms with van der Waals surface area (Å²) in [6, 6.07) is 9.94. The van der Waals surface area contributed by atoms with Gasteiger partial charge in [-0.15, -0.1) is 0 Å². The van der Waals surface area contributed by atoms with E-state index in [0.29, 0.717) is 31.0 Å². The summed E-state index contributed by atoms with van der Waals surface area (Å²) >= 11 is 0. The van der Waals surface area contributed by atoms with Gasteiger partial charge in [-0.3, -0.25) is 14.6 Å². The number of piperidine rings is 1. The topological polar surface area (TPSA) is 50.3 Å². The smallest absolute Gasteiger partial charge is 0.255 e. The van der Waals surface area contributed by atoms with E-state index in [4.69, 9.17) is 0 Å². The second-order valence-electron chi connectivity index (χ2n) is 8.33. The predicted octanol–water partition coefficient (Wildman–Crippen LogP) is 4.83. The zero-order valence-electron chi connectivity index (χ0n) is 17.4. The number of aryl methyl sites for hydroxylation is 1. The molecule has 0 N–H and O–H groups in total. The second-order valence-corrected chi connectivity index (χ2v) is 8.33. The number of rotatable bonds is 5. The van der Waals surface area contributed by atoms with Crippen molar-refractivity contribution in [3.8, 4) is 11.3 Å². The van der Waals surface area contributed by atoms with Crippen molar-refractivity contribution in [1.82, 2.24) is 9.88 Å². The van der Waals surface area contributed by atoms with Crippen LogP contribution >= 0.6 is 0 Å². The zero-order chi connectivity index (χ0) is 20.3. The SMILES string of the molecule is Cc1cccc(-c2ccc(C(=O)N3CCCC(C(=O)CC(C)C)C3)cn2)c1C. The van der Waals surface area contributed by atoms with Crippen LogP contribution in [-0.4, -0.2) is 34.7 Å². The van der Waals surface area contributed by atoms with Gasteiger partial charge in [-0.1, -0.05) is 32.0 Å². The van der Waals surface area contributed by atoms with E-state index < -0.39 is 0 Å². The summed E-state index contributed by atoms with van der Waals surface area (Å²) in [7, 11) is 0.